The Morgan fingerprint density at radius 3 is 2.66 bits per heavy atom. The predicted molar refractivity (Wildman–Crippen MR) is 115 cm³/mol. The largest absolute Gasteiger partial charge is 0.474 e. The fourth-order valence-electron chi connectivity index (χ4n) is 4.12. The van der Waals surface area contributed by atoms with Gasteiger partial charge < -0.3 is 9.30 Å². The molecule has 5 nitrogen and oxygen atoms in total. The third-order valence-electron chi connectivity index (χ3n) is 5.41. The molecule has 0 aliphatic carbocycles. The minimum absolute atomic E-state index is 0.00153. The molecule has 29 heavy (non-hydrogen) atoms. The summed E-state index contributed by atoms with van der Waals surface area (Å²) in [6, 6.07) is 19.3. The lowest BCUT2D eigenvalue weighted by molar-refractivity contribution is -0.434. The van der Waals surface area contributed by atoms with E-state index in [1.54, 1.807) is 24.3 Å². The van der Waals surface area contributed by atoms with Crippen LogP contribution in [0.25, 0.3) is 27.9 Å². The van der Waals surface area contributed by atoms with Gasteiger partial charge in [0.25, 0.3) is 5.70 Å². The summed E-state index contributed by atoms with van der Waals surface area (Å²) in [4.78, 5) is 11.4. The van der Waals surface area contributed by atoms with Gasteiger partial charge in [0.2, 0.25) is 6.10 Å². The Balaban J connectivity index is 1.70. The highest BCUT2D eigenvalue weighted by molar-refractivity contribution is 6.30. The Morgan fingerprint density at radius 1 is 1.07 bits per heavy atom. The standard InChI is InChI=1S/C23H17ClN2O3/c1-2-25-19-6-4-3-5-17(19)18-12-14(7-9-20(18)25)23-21(26(27)28)13-15-11-16(24)8-10-22(15)29-23/h3-13,23H,2H2,1H3. The normalized spacial score (nSPS) is 15.8. The topological polar surface area (TPSA) is 57.3 Å². The van der Waals surface area contributed by atoms with Crippen LogP contribution in [0.15, 0.2) is 66.4 Å². The zero-order chi connectivity index (χ0) is 20.1. The molecule has 1 aliphatic rings. The second kappa shape index (κ2) is 6.64. The van der Waals surface area contributed by atoms with E-state index in [0.29, 0.717) is 16.3 Å². The van der Waals surface area contributed by atoms with E-state index in [9.17, 15) is 10.1 Å². The molecule has 1 unspecified atom stereocenters. The lowest BCUT2D eigenvalue weighted by Crippen LogP contribution is -2.19. The van der Waals surface area contributed by atoms with Crippen molar-refractivity contribution in [1.82, 2.24) is 4.57 Å². The summed E-state index contributed by atoms with van der Waals surface area (Å²) in [5.41, 5.74) is 3.62. The van der Waals surface area contributed by atoms with Crippen LogP contribution in [0.4, 0.5) is 0 Å². The maximum Gasteiger partial charge on any atom is 0.291 e. The van der Waals surface area contributed by atoms with Gasteiger partial charge in [0.05, 0.1) is 4.92 Å². The lowest BCUT2D eigenvalue weighted by atomic mass is 9.99. The number of ether oxygens (including phenoxy) is 1. The van der Waals surface area contributed by atoms with Gasteiger partial charge in [0.1, 0.15) is 5.75 Å². The van der Waals surface area contributed by atoms with E-state index < -0.39 is 6.10 Å². The first kappa shape index (κ1) is 17.8. The first-order chi connectivity index (χ1) is 14.1. The van der Waals surface area contributed by atoms with Crippen molar-refractivity contribution in [3.63, 3.8) is 0 Å². The number of fused-ring (bicyclic) bond motifs is 4. The molecule has 0 bridgehead atoms. The molecule has 0 spiro atoms. The van der Waals surface area contributed by atoms with Gasteiger partial charge in [-0.2, -0.15) is 0 Å². The average Bonchev–Trinajstić information content (AvgIpc) is 3.05. The number of halogens is 1. The summed E-state index contributed by atoms with van der Waals surface area (Å²) in [5, 5.41) is 14.5. The molecule has 3 aromatic carbocycles. The van der Waals surface area contributed by atoms with Gasteiger partial charge in [-0.1, -0.05) is 35.9 Å². The summed E-state index contributed by atoms with van der Waals surface area (Å²) < 4.78 is 8.31. The molecule has 0 radical (unpaired) electrons. The Morgan fingerprint density at radius 2 is 1.86 bits per heavy atom. The third-order valence-corrected chi connectivity index (χ3v) is 5.65. The van der Waals surface area contributed by atoms with Crippen molar-refractivity contribution in [2.45, 2.75) is 19.6 Å². The molecule has 5 rings (SSSR count). The number of para-hydroxylation sites is 1. The van der Waals surface area contributed by atoms with Crippen molar-refractivity contribution < 1.29 is 9.66 Å². The minimum Gasteiger partial charge on any atom is -0.474 e. The molecule has 0 fully saturated rings. The highest BCUT2D eigenvalue weighted by atomic mass is 35.5. The first-order valence-electron chi connectivity index (χ1n) is 9.40. The maximum atomic E-state index is 11.8. The summed E-state index contributed by atoms with van der Waals surface area (Å²) in [6.07, 6.45) is 0.765. The fraction of sp³-hybridized carbons (Fsp3) is 0.130. The van der Waals surface area contributed by atoms with Gasteiger partial charge in [0.15, 0.2) is 0 Å². The summed E-state index contributed by atoms with van der Waals surface area (Å²) in [5.74, 6) is 0.584. The second-order valence-corrected chi connectivity index (χ2v) is 7.48. The lowest BCUT2D eigenvalue weighted by Gasteiger charge is -2.23. The minimum atomic E-state index is -0.785. The van der Waals surface area contributed by atoms with Crippen molar-refractivity contribution in [2.75, 3.05) is 0 Å². The number of rotatable bonds is 3. The van der Waals surface area contributed by atoms with Crippen LogP contribution in [-0.2, 0) is 6.54 Å². The SMILES string of the molecule is CCn1c2ccccc2c2cc(C3Oc4ccc(Cl)cc4C=C3[N+](=O)[O-])ccc21. The number of aromatic nitrogens is 1. The van der Waals surface area contributed by atoms with Crippen molar-refractivity contribution in [1.29, 1.82) is 0 Å². The Hall–Kier alpha value is -3.31. The zero-order valence-corrected chi connectivity index (χ0v) is 16.4. The molecule has 1 aromatic heterocycles. The number of nitro groups is 1. The van der Waals surface area contributed by atoms with E-state index in [1.165, 1.54) is 0 Å². The molecule has 1 aliphatic heterocycles. The number of nitrogens with zero attached hydrogens (tertiary/aromatic N) is 2. The number of aryl methyl sites for hydroxylation is 1. The van der Waals surface area contributed by atoms with Crippen LogP contribution >= 0.6 is 11.6 Å². The van der Waals surface area contributed by atoms with E-state index in [-0.39, 0.29) is 10.6 Å². The van der Waals surface area contributed by atoms with Crippen molar-refractivity contribution in [3.8, 4) is 5.75 Å². The van der Waals surface area contributed by atoms with Gasteiger partial charge in [-0.3, -0.25) is 10.1 Å². The van der Waals surface area contributed by atoms with E-state index in [1.807, 2.05) is 30.3 Å². The monoisotopic (exact) mass is 404 g/mol. The highest BCUT2D eigenvalue weighted by Crippen LogP contribution is 2.40. The summed E-state index contributed by atoms with van der Waals surface area (Å²) in [6.45, 7) is 2.96. The molecule has 6 heteroatoms. The smallest absolute Gasteiger partial charge is 0.291 e. The molecule has 0 saturated carbocycles. The Labute approximate surface area is 171 Å². The molecule has 0 saturated heterocycles. The average molecular weight is 405 g/mol. The van der Waals surface area contributed by atoms with Crippen LogP contribution in [0.1, 0.15) is 24.2 Å². The molecular formula is C23H17ClN2O3. The molecule has 144 valence electrons. The van der Waals surface area contributed by atoms with Crippen LogP contribution in [0.2, 0.25) is 5.02 Å². The molecule has 0 N–H and O–H groups in total. The van der Waals surface area contributed by atoms with Gasteiger partial charge in [0, 0.05) is 50.6 Å². The maximum absolute atomic E-state index is 11.8. The predicted octanol–water partition coefficient (Wildman–Crippen LogP) is 6.22. The zero-order valence-electron chi connectivity index (χ0n) is 15.6. The quantitative estimate of drug-likeness (QED) is 0.301. The molecule has 4 aromatic rings. The van der Waals surface area contributed by atoms with E-state index >= 15 is 0 Å². The number of hydrogen-bond acceptors (Lipinski definition) is 3. The summed E-state index contributed by atoms with van der Waals surface area (Å²) in [7, 11) is 0. The first-order valence-corrected chi connectivity index (χ1v) is 9.77. The van der Waals surface area contributed by atoms with Crippen LogP contribution in [0.3, 0.4) is 0 Å². The number of benzene rings is 3. The van der Waals surface area contributed by atoms with Gasteiger partial charge in [-0.15, -0.1) is 0 Å². The van der Waals surface area contributed by atoms with Crippen LogP contribution in [-0.4, -0.2) is 9.49 Å². The summed E-state index contributed by atoms with van der Waals surface area (Å²) >= 11 is 6.04. The van der Waals surface area contributed by atoms with Crippen molar-refractivity contribution in [2.24, 2.45) is 0 Å². The van der Waals surface area contributed by atoms with E-state index in [0.717, 1.165) is 33.9 Å². The molecule has 1 atom stereocenters. The van der Waals surface area contributed by atoms with Crippen molar-refractivity contribution >= 4 is 39.5 Å². The number of hydrogen-bond donors (Lipinski definition) is 0. The van der Waals surface area contributed by atoms with Crippen LogP contribution < -0.4 is 4.74 Å². The molecule has 0 amide bonds. The van der Waals surface area contributed by atoms with Gasteiger partial charge >= 0.3 is 0 Å². The fourth-order valence-corrected chi connectivity index (χ4v) is 4.30. The van der Waals surface area contributed by atoms with E-state index in [4.69, 9.17) is 16.3 Å². The molecular weight excluding hydrogens is 388 g/mol. The third kappa shape index (κ3) is 2.77. The second-order valence-electron chi connectivity index (χ2n) is 7.04. The molecule has 2 heterocycles. The highest BCUT2D eigenvalue weighted by Gasteiger charge is 2.33. The van der Waals surface area contributed by atoms with Crippen LogP contribution in [0, 0.1) is 10.1 Å². The van der Waals surface area contributed by atoms with Crippen LogP contribution in [0.5, 0.6) is 5.75 Å². The Bertz CT molecular complexity index is 1320. The van der Waals surface area contributed by atoms with Crippen molar-refractivity contribution in [3.05, 3.63) is 92.6 Å². The van der Waals surface area contributed by atoms with Gasteiger partial charge in [-0.25, -0.2) is 0 Å². The van der Waals surface area contributed by atoms with Gasteiger partial charge in [-0.05, 0) is 43.3 Å². The Kier molecular flexibility index (Phi) is 4.07. The van der Waals surface area contributed by atoms with E-state index in [2.05, 4.69) is 23.6 Å².